The number of hydrogen-bond acceptors (Lipinski definition) is 3. The SMILES string of the molecule is CC.CNc1ccc(-n2cnnc2)cc1C. The fraction of sp³-hybridized carbons (Fsp3) is 0.333. The fourth-order valence-corrected chi connectivity index (χ4v) is 1.42. The molecule has 86 valence electrons. The highest BCUT2D eigenvalue weighted by molar-refractivity contribution is 5.54. The van der Waals surface area contributed by atoms with Gasteiger partial charge in [0.25, 0.3) is 0 Å². The summed E-state index contributed by atoms with van der Waals surface area (Å²) < 4.78 is 1.88. The van der Waals surface area contributed by atoms with Crippen LogP contribution in [-0.2, 0) is 0 Å². The smallest absolute Gasteiger partial charge is 0.123 e. The predicted molar refractivity (Wildman–Crippen MR) is 67.0 cm³/mol. The van der Waals surface area contributed by atoms with E-state index < -0.39 is 0 Å². The highest BCUT2D eigenvalue weighted by Crippen LogP contribution is 2.17. The maximum Gasteiger partial charge on any atom is 0.123 e. The van der Waals surface area contributed by atoms with E-state index in [4.69, 9.17) is 0 Å². The molecule has 1 heterocycles. The summed E-state index contributed by atoms with van der Waals surface area (Å²) in [4.78, 5) is 0. The van der Waals surface area contributed by atoms with Crippen LogP contribution in [-0.4, -0.2) is 21.8 Å². The van der Waals surface area contributed by atoms with Gasteiger partial charge in [-0.1, -0.05) is 13.8 Å². The van der Waals surface area contributed by atoms with Gasteiger partial charge in [0.2, 0.25) is 0 Å². The third-order valence-corrected chi connectivity index (χ3v) is 2.20. The number of hydrogen-bond donors (Lipinski definition) is 1. The van der Waals surface area contributed by atoms with Crippen LogP contribution < -0.4 is 5.32 Å². The van der Waals surface area contributed by atoms with Gasteiger partial charge in [0, 0.05) is 18.4 Å². The number of nitrogens with zero attached hydrogens (tertiary/aromatic N) is 3. The predicted octanol–water partition coefficient (Wildman–Crippen LogP) is 2.64. The number of rotatable bonds is 2. The first-order valence-corrected chi connectivity index (χ1v) is 5.44. The largest absolute Gasteiger partial charge is 0.388 e. The quantitative estimate of drug-likeness (QED) is 0.842. The minimum Gasteiger partial charge on any atom is -0.388 e. The van der Waals surface area contributed by atoms with Crippen molar-refractivity contribution in [3.8, 4) is 5.69 Å². The molecular formula is C12H18N4. The van der Waals surface area contributed by atoms with Crippen LogP contribution in [0.15, 0.2) is 30.9 Å². The van der Waals surface area contributed by atoms with Crippen LogP contribution in [0.2, 0.25) is 0 Å². The molecule has 2 aromatic rings. The van der Waals surface area contributed by atoms with Gasteiger partial charge in [-0.3, -0.25) is 4.57 Å². The van der Waals surface area contributed by atoms with Crippen molar-refractivity contribution >= 4 is 5.69 Å². The molecule has 2 rings (SSSR count). The van der Waals surface area contributed by atoms with Gasteiger partial charge in [-0.15, -0.1) is 10.2 Å². The molecule has 1 N–H and O–H groups in total. The van der Waals surface area contributed by atoms with E-state index in [1.54, 1.807) is 12.7 Å². The van der Waals surface area contributed by atoms with Gasteiger partial charge in [-0.25, -0.2) is 0 Å². The van der Waals surface area contributed by atoms with E-state index in [1.165, 1.54) is 5.56 Å². The van der Waals surface area contributed by atoms with Crippen LogP contribution in [0.3, 0.4) is 0 Å². The Balaban J connectivity index is 0.000000606. The van der Waals surface area contributed by atoms with E-state index in [0.717, 1.165) is 11.4 Å². The Morgan fingerprint density at radius 1 is 1.12 bits per heavy atom. The van der Waals surface area contributed by atoms with Crippen molar-refractivity contribution < 1.29 is 0 Å². The number of benzene rings is 1. The van der Waals surface area contributed by atoms with Crippen LogP contribution in [0.5, 0.6) is 0 Å². The molecule has 0 aliphatic rings. The van der Waals surface area contributed by atoms with E-state index in [2.05, 4.69) is 28.5 Å². The van der Waals surface area contributed by atoms with Crippen LogP contribution in [0.25, 0.3) is 5.69 Å². The van der Waals surface area contributed by atoms with Gasteiger partial charge in [0.1, 0.15) is 12.7 Å². The Hall–Kier alpha value is -1.84. The summed E-state index contributed by atoms with van der Waals surface area (Å²) in [5, 5.41) is 10.7. The summed E-state index contributed by atoms with van der Waals surface area (Å²) in [5.74, 6) is 0. The molecule has 4 nitrogen and oxygen atoms in total. The van der Waals surface area contributed by atoms with Crippen molar-refractivity contribution in [1.29, 1.82) is 0 Å². The normalized spacial score (nSPS) is 9.25. The zero-order valence-electron chi connectivity index (χ0n) is 10.2. The van der Waals surface area contributed by atoms with Gasteiger partial charge < -0.3 is 5.32 Å². The molecule has 0 spiro atoms. The highest BCUT2D eigenvalue weighted by Gasteiger charge is 1.99. The molecule has 16 heavy (non-hydrogen) atoms. The standard InChI is InChI=1S/C10H12N4.C2H6/c1-8-5-9(3-4-10(8)11-2)14-6-12-13-7-14;1-2/h3-7,11H,1-2H3;1-2H3. The fourth-order valence-electron chi connectivity index (χ4n) is 1.42. The van der Waals surface area contributed by atoms with E-state index in [0.29, 0.717) is 0 Å². The molecule has 1 aromatic carbocycles. The lowest BCUT2D eigenvalue weighted by Crippen LogP contribution is -1.95. The number of aryl methyl sites for hydroxylation is 1. The number of aromatic nitrogens is 3. The molecular weight excluding hydrogens is 200 g/mol. The van der Waals surface area contributed by atoms with E-state index in [-0.39, 0.29) is 0 Å². The second kappa shape index (κ2) is 5.90. The molecule has 0 unspecified atom stereocenters. The van der Waals surface area contributed by atoms with Crippen LogP contribution >= 0.6 is 0 Å². The molecule has 0 fully saturated rings. The van der Waals surface area contributed by atoms with Gasteiger partial charge in [-0.2, -0.15) is 0 Å². The van der Waals surface area contributed by atoms with Crippen molar-refractivity contribution in [3.63, 3.8) is 0 Å². The van der Waals surface area contributed by atoms with E-state index >= 15 is 0 Å². The van der Waals surface area contributed by atoms with Crippen LogP contribution in [0.4, 0.5) is 5.69 Å². The zero-order chi connectivity index (χ0) is 12.0. The van der Waals surface area contributed by atoms with Crippen molar-refractivity contribution in [2.45, 2.75) is 20.8 Å². The van der Waals surface area contributed by atoms with E-state index in [1.807, 2.05) is 37.6 Å². The zero-order valence-corrected chi connectivity index (χ0v) is 10.2. The van der Waals surface area contributed by atoms with Crippen molar-refractivity contribution in [2.75, 3.05) is 12.4 Å². The second-order valence-corrected chi connectivity index (χ2v) is 3.12. The lowest BCUT2D eigenvalue weighted by Gasteiger charge is -2.07. The summed E-state index contributed by atoms with van der Waals surface area (Å²) in [7, 11) is 1.92. The molecule has 0 aliphatic carbocycles. The average Bonchev–Trinajstić information content (AvgIpc) is 2.85. The molecule has 0 radical (unpaired) electrons. The van der Waals surface area contributed by atoms with Crippen molar-refractivity contribution in [1.82, 2.24) is 14.8 Å². The monoisotopic (exact) mass is 218 g/mol. The Morgan fingerprint density at radius 2 is 1.75 bits per heavy atom. The minimum absolute atomic E-state index is 1.08. The summed E-state index contributed by atoms with van der Waals surface area (Å²) in [6.07, 6.45) is 3.38. The number of anilines is 1. The topological polar surface area (TPSA) is 42.7 Å². The summed E-state index contributed by atoms with van der Waals surface area (Å²) >= 11 is 0. The average molecular weight is 218 g/mol. The Morgan fingerprint density at radius 3 is 2.25 bits per heavy atom. The van der Waals surface area contributed by atoms with E-state index in [9.17, 15) is 0 Å². The van der Waals surface area contributed by atoms with Crippen LogP contribution in [0, 0.1) is 6.92 Å². The van der Waals surface area contributed by atoms with Gasteiger partial charge in [0.15, 0.2) is 0 Å². The Kier molecular flexibility index (Phi) is 4.51. The number of nitrogens with one attached hydrogen (secondary N) is 1. The Bertz CT molecular complexity index is 421. The first kappa shape index (κ1) is 12.2. The third kappa shape index (κ3) is 2.59. The summed E-state index contributed by atoms with van der Waals surface area (Å²) in [5.41, 5.74) is 3.42. The van der Waals surface area contributed by atoms with Crippen molar-refractivity contribution in [3.05, 3.63) is 36.4 Å². The second-order valence-electron chi connectivity index (χ2n) is 3.12. The highest BCUT2D eigenvalue weighted by atomic mass is 15.2. The molecule has 1 aromatic heterocycles. The van der Waals surface area contributed by atoms with Gasteiger partial charge >= 0.3 is 0 Å². The first-order valence-electron chi connectivity index (χ1n) is 5.44. The lowest BCUT2D eigenvalue weighted by molar-refractivity contribution is 1.05. The van der Waals surface area contributed by atoms with Gasteiger partial charge in [-0.05, 0) is 30.7 Å². The minimum atomic E-state index is 1.08. The lowest BCUT2D eigenvalue weighted by atomic mass is 10.2. The molecule has 0 aliphatic heterocycles. The van der Waals surface area contributed by atoms with Crippen LogP contribution in [0.1, 0.15) is 19.4 Å². The van der Waals surface area contributed by atoms with Gasteiger partial charge in [0.05, 0.1) is 0 Å². The summed E-state index contributed by atoms with van der Waals surface area (Å²) in [6, 6.07) is 6.17. The molecule has 0 saturated carbocycles. The molecule has 0 amide bonds. The molecule has 0 bridgehead atoms. The maximum absolute atomic E-state index is 3.77. The summed E-state index contributed by atoms with van der Waals surface area (Å²) in [6.45, 7) is 6.07. The molecule has 0 atom stereocenters. The third-order valence-electron chi connectivity index (χ3n) is 2.20. The van der Waals surface area contributed by atoms with Crippen molar-refractivity contribution in [2.24, 2.45) is 0 Å². The molecule has 0 saturated heterocycles. The maximum atomic E-state index is 3.77. The Labute approximate surface area is 96.3 Å². The first-order chi connectivity index (χ1) is 7.81. The molecule has 4 heteroatoms.